The predicted octanol–water partition coefficient (Wildman–Crippen LogP) is 1.51. The molecule has 0 aromatic carbocycles. The zero-order valence-corrected chi connectivity index (χ0v) is 8.34. The number of hydrogen-bond donors (Lipinski definition) is 0. The number of rotatable bonds is 0. The number of likely N-dealkylation sites (tertiary alicyclic amines) is 1. The first-order valence-corrected chi connectivity index (χ1v) is 4.94. The lowest BCUT2D eigenvalue weighted by molar-refractivity contribution is 0.0794. The van der Waals surface area contributed by atoms with Crippen molar-refractivity contribution in [3.63, 3.8) is 0 Å². The van der Waals surface area contributed by atoms with E-state index in [1.165, 1.54) is 13.0 Å². The van der Waals surface area contributed by atoms with Crippen molar-refractivity contribution in [3.05, 3.63) is 0 Å². The second-order valence-corrected chi connectivity index (χ2v) is 5.03. The monoisotopic (exact) mass is 169 g/mol. The summed E-state index contributed by atoms with van der Waals surface area (Å²) >= 11 is 0. The average molecular weight is 169 g/mol. The van der Waals surface area contributed by atoms with Crippen LogP contribution in [0.3, 0.4) is 0 Å². The van der Waals surface area contributed by atoms with Crippen LogP contribution in [0.5, 0.6) is 0 Å². The SMILES string of the molecule is CC(C)(C)N1C[C@@H]2CCO[C@@H]2C1. The van der Waals surface area contributed by atoms with Crippen LogP contribution in [-0.2, 0) is 4.74 Å². The van der Waals surface area contributed by atoms with E-state index in [4.69, 9.17) is 4.74 Å². The molecule has 0 aromatic rings. The highest BCUT2D eigenvalue weighted by atomic mass is 16.5. The summed E-state index contributed by atoms with van der Waals surface area (Å²) in [6.45, 7) is 10.2. The molecule has 70 valence electrons. The van der Waals surface area contributed by atoms with Gasteiger partial charge in [0.1, 0.15) is 0 Å². The van der Waals surface area contributed by atoms with Gasteiger partial charge in [-0.25, -0.2) is 0 Å². The Morgan fingerprint density at radius 1 is 1.25 bits per heavy atom. The second kappa shape index (κ2) is 2.71. The highest BCUT2D eigenvalue weighted by molar-refractivity contribution is 4.93. The van der Waals surface area contributed by atoms with E-state index >= 15 is 0 Å². The topological polar surface area (TPSA) is 12.5 Å². The summed E-state index contributed by atoms with van der Waals surface area (Å²) in [6, 6.07) is 0. The Labute approximate surface area is 74.9 Å². The molecule has 0 N–H and O–H groups in total. The van der Waals surface area contributed by atoms with Crippen molar-refractivity contribution in [3.8, 4) is 0 Å². The fourth-order valence-electron chi connectivity index (χ4n) is 2.23. The zero-order valence-electron chi connectivity index (χ0n) is 8.34. The molecule has 2 rings (SSSR count). The summed E-state index contributed by atoms with van der Waals surface area (Å²) in [5.74, 6) is 0.823. The van der Waals surface area contributed by atoms with Gasteiger partial charge in [-0.15, -0.1) is 0 Å². The van der Waals surface area contributed by atoms with Gasteiger partial charge in [0.15, 0.2) is 0 Å². The van der Waals surface area contributed by atoms with Gasteiger partial charge in [-0.05, 0) is 27.2 Å². The molecule has 0 saturated carbocycles. The van der Waals surface area contributed by atoms with E-state index in [-0.39, 0.29) is 0 Å². The van der Waals surface area contributed by atoms with Crippen LogP contribution in [0.2, 0.25) is 0 Å². The maximum atomic E-state index is 5.66. The van der Waals surface area contributed by atoms with Crippen LogP contribution in [0.1, 0.15) is 27.2 Å². The van der Waals surface area contributed by atoms with Crippen LogP contribution in [-0.4, -0.2) is 36.2 Å². The third-order valence-corrected chi connectivity index (χ3v) is 3.15. The summed E-state index contributed by atoms with van der Waals surface area (Å²) in [5.41, 5.74) is 0.327. The van der Waals surface area contributed by atoms with Gasteiger partial charge < -0.3 is 4.74 Å². The van der Waals surface area contributed by atoms with Gasteiger partial charge in [-0.1, -0.05) is 0 Å². The fraction of sp³-hybridized carbons (Fsp3) is 1.00. The van der Waals surface area contributed by atoms with Crippen molar-refractivity contribution in [1.29, 1.82) is 0 Å². The molecule has 2 heteroatoms. The summed E-state index contributed by atoms with van der Waals surface area (Å²) in [4.78, 5) is 2.54. The van der Waals surface area contributed by atoms with Crippen LogP contribution in [0.15, 0.2) is 0 Å². The standard InChI is InChI=1S/C10H19NO/c1-10(2,3)11-6-8-4-5-12-9(8)7-11/h8-9H,4-7H2,1-3H3/t8-,9+/m0/s1. The van der Waals surface area contributed by atoms with Gasteiger partial charge >= 0.3 is 0 Å². The Balaban J connectivity index is 1.99. The Bertz CT molecular complexity index is 161. The number of ether oxygens (including phenoxy) is 1. The van der Waals surface area contributed by atoms with E-state index in [1.54, 1.807) is 0 Å². The molecule has 0 unspecified atom stereocenters. The first-order valence-electron chi connectivity index (χ1n) is 4.94. The first kappa shape index (κ1) is 8.52. The van der Waals surface area contributed by atoms with Gasteiger partial charge in [0, 0.05) is 31.2 Å². The van der Waals surface area contributed by atoms with Crippen LogP contribution in [0.25, 0.3) is 0 Å². The zero-order chi connectivity index (χ0) is 8.77. The molecule has 0 spiro atoms. The molecule has 2 aliphatic heterocycles. The van der Waals surface area contributed by atoms with E-state index in [0.29, 0.717) is 11.6 Å². The van der Waals surface area contributed by atoms with Crippen LogP contribution in [0, 0.1) is 5.92 Å². The highest BCUT2D eigenvalue weighted by Gasteiger charge is 2.40. The summed E-state index contributed by atoms with van der Waals surface area (Å²) < 4.78 is 5.66. The second-order valence-electron chi connectivity index (χ2n) is 5.03. The molecule has 2 saturated heterocycles. The minimum Gasteiger partial charge on any atom is -0.377 e. The lowest BCUT2D eigenvalue weighted by Crippen LogP contribution is -2.40. The minimum atomic E-state index is 0.327. The molecule has 0 aromatic heterocycles. The summed E-state index contributed by atoms with van der Waals surface area (Å²) in [5, 5.41) is 0. The fourth-order valence-corrected chi connectivity index (χ4v) is 2.23. The van der Waals surface area contributed by atoms with Crippen molar-refractivity contribution in [2.24, 2.45) is 5.92 Å². The first-order chi connectivity index (χ1) is 5.57. The molecule has 0 aliphatic carbocycles. The van der Waals surface area contributed by atoms with E-state index in [1.807, 2.05) is 0 Å². The molecule has 2 nitrogen and oxygen atoms in total. The molecular weight excluding hydrogens is 150 g/mol. The Kier molecular flexibility index (Phi) is 1.92. The average Bonchev–Trinajstić information content (AvgIpc) is 2.37. The van der Waals surface area contributed by atoms with Crippen molar-refractivity contribution < 1.29 is 4.74 Å². The molecule has 12 heavy (non-hydrogen) atoms. The lowest BCUT2D eigenvalue weighted by atomic mass is 10.1. The quantitative estimate of drug-likeness (QED) is 0.545. The highest BCUT2D eigenvalue weighted by Crippen LogP contribution is 2.32. The van der Waals surface area contributed by atoms with E-state index in [9.17, 15) is 0 Å². The van der Waals surface area contributed by atoms with Crippen LogP contribution >= 0.6 is 0 Å². The minimum absolute atomic E-state index is 0.327. The van der Waals surface area contributed by atoms with Crippen LogP contribution < -0.4 is 0 Å². The molecule has 2 heterocycles. The van der Waals surface area contributed by atoms with Crippen molar-refractivity contribution in [2.45, 2.75) is 38.8 Å². The smallest absolute Gasteiger partial charge is 0.0743 e. The van der Waals surface area contributed by atoms with Gasteiger partial charge in [-0.3, -0.25) is 4.90 Å². The molecule has 0 radical (unpaired) electrons. The van der Waals surface area contributed by atoms with E-state index < -0.39 is 0 Å². The van der Waals surface area contributed by atoms with Gasteiger partial charge in [0.25, 0.3) is 0 Å². The number of nitrogens with zero attached hydrogens (tertiary/aromatic N) is 1. The van der Waals surface area contributed by atoms with Crippen molar-refractivity contribution in [2.75, 3.05) is 19.7 Å². The van der Waals surface area contributed by atoms with E-state index in [2.05, 4.69) is 25.7 Å². The Morgan fingerprint density at radius 2 is 2.00 bits per heavy atom. The number of fused-ring (bicyclic) bond motifs is 1. The van der Waals surface area contributed by atoms with Crippen molar-refractivity contribution in [1.82, 2.24) is 4.90 Å². The summed E-state index contributed by atoms with van der Waals surface area (Å²) in [6.07, 6.45) is 1.82. The largest absolute Gasteiger partial charge is 0.377 e. The third kappa shape index (κ3) is 1.38. The number of hydrogen-bond acceptors (Lipinski definition) is 2. The lowest BCUT2D eigenvalue weighted by Gasteiger charge is -2.32. The third-order valence-electron chi connectivity index (χ3n) is 3.15. The summed E-state index contributed by atoms with van der Waals surface area (Å²) in [7, 11) is 0. The Morgan fingerprint density at radius 3 is 2.58 bits per heavy atom. The Hall–Kier alpha value is -0.0800. The molecule has 0 bridgehead atoms. The van der Waals surface area contributed by atoms with Gasteiger partial charge in [-0.2, -0.15) is 0 Å². The molecule has 0 amide bonds. The maximum absolute atomic E-state index is 5.66. The van der Waals surface area contributed by atoms with Crippen molar-refractivity contribution >= 4 is 0 Å². The predicted molar refractivity (Wildman–Crippen MR) is 49.2 cm³/mol. The molecular formula is C10H19NO. The maximum Gasteiger partial charge on any atom is 0.0743 e. The van der Waals surface area contributed by atoms with Gasteiger partial charge in [0.05, 0.1) is 6.10 Å². The van der Waals surface area contributed by atoms with Crippen LogP contribution in [0.4, 0.5) is 0 Å². The van der Waals surface area contributed by atoms with Gasteiger partial charge in [0.2, 0.25) is 0 Å². The molecule has 2 fully saturated rings. The normalized spacial score (nSPS) is 37.2. The molecule has 2 atom stereocenters. The van der Waals surface area contributed by atoms with E-state index in [0.717, 1.165) is 19.1 Å². The molecule has 2 aliphatic rings.